The number of nitrogens with zero attached hydrogens (tertiary/aromatic N) is 4. The van der Waals surface area contributed by atoms with Crippen LogP contribution in [0, 0.1) is 0 Å². The lowest BCUT2D eigenvalue weighted by Crippen LogP contribution is -1.84. The third-order valence-electron chi connectivity index (χ3n) is 5.04. The molecule has 0 atom stereocenters. The lowest BCUT2D eigenvalue weighted by Gasteiger charge is -2.02. The second kappa shape index (κ2) is 6.50. The van der Waals surface area contributed by atoms with Gasteiger partial charge < -0.3 is 10.1 Å². The first-order valence-corrected chi connectivity index (χ1v) is 10.2. The van der Waals surface area contributed by atoms with Gasteiger partial charge in [-0.05, 0) is 41.3 Å². The quantitative estimate of drug-likeness (QED) is 0.381. The highest BCUT2D eigenvalue weighted by Gasteiger charge is 2.16. The van der Waals surface area contributed by atoms with Crippen LogP contribution in [-0.4, -0.2) is 35.2 Å². The molecule has 3 N–H and O–H groups in total. The fourth-order valence-corrected chi connectivity index (χ4v) is 4.26. The molecule has 5 aromatic heterocycles. The van der Waals surface area contributed by atoms with Crippen molar-refractivity contribution in [3.05, 3.63) is 65.7 Å². The van der Waals surface area contributed by atoms with Crippen LogP contribution >= 0.6 is 11.3 Å². The predicted molar refractivity (Wildman–Crippen MR) is 117 cm³/mol. The summed E-state index contributed by atoms with van der Waals surface area (Å²) in [5.41, 5.74) is 7.02. The third kappa shape index (κ3) is 2.66. The first-order valence-electron chi connectivity index (χ1n) is 9.26. The summed E-state index contributed by atoms with van der Waals surface area (Å²) in [5, 5.41) is 22.4. The zero-order chi connectivity index (χ0) is 20.1. The number of aromatic amines is 2. The Bertz CT molecular complexity index is 1520. The van der Waals surface area contributed by atoms with Crippen LogP contribution in [0.5, 0.6) is 5.75 Å². The van der Waals surface area contributed by atoms with Crippen molar-refractivity contribution in [2.45, 2.75) is 0 Å². The highest BCUT2D eigenvalue weighted by atomic mass is 32.1. The van der Waals surface area contributed by atoms with Crippen molar-refractivity contribution in [3.8, 4) is 39.7 Å². The van der Waals surface area contributed by atoms with Gasteiger partial charge in [0, 0.05) is 34.3 Å². The fraction of sp³-hybridized carbons (Fsp3) is 0. The van der Waals surface area contributed by atoms with Gasteiger partial charge >= 0.3 is 0 Å². The number of H-pyrrole nitrogens is 2. The summed E-state index contributed by atoms with van der Waals surface area (Å²) >= 11 is 1.63. The average Bonchev–Trinajstić information content (AvgIpc) is 3.51. The summed E-state index contributed by atoms with van der Waals surface area (Å²) < 4.78 is 0. The minimum absolute atomic E-state index is 0.130. The number of nitrogens with one attached hydrogen (secondary N) is 2. The van der Waals surface area contributed by atoms with Gasteiger partial charge in [-0.3, -0.25) is 15.1 Å². The molecule has 6 rings (SSSR count). The van der Waals surface area contributed by atoms with Crippen LogP contribution in [0.4, 0.5) is 0 Å². The molecule has 0 radical (unpaired) electrons. The van der Waals surface area contributed by atoms with E-state index in [1.165, 1.54) is 6.20 Å². The van der Waals surface area contributed by atoms with Gasteiger partial charge in [-0.25, -0.2) is 4.98 Å². The van der Waals surface area contributed by atoms with Crippen molar-refractivity contribution < 1.29 is 5.11 Å². The van der Waals surface area contributed by atoms with E-state index in [1.807, 2.05) is 35.7 Å². The second-order valence-corrected chi connectivity index (χ2v) is 7.70. The molecule has 0 fully saturated rings. The largest absolute Gasteiger partial charge is 0.506 e. The Hall–Kier alpha value is -4.04. The maximum Gasteiger partial charge on any atom is 0.159 e. The van der Waals surface area contributed by atoms with Crippen LogP contribution in [0.25, 0.3) is 55.8 Å². The Morgan fingerprint density at radius 3 is 2.73 bits per heavy atom. The van der Waals surface area contributed by atoms with Gasteiger partial charge in [0.05, 0.1) is 22.9 Å². The lowest BCUT2D eigenvalue weighted by molar-refractivity contribution is 0.473. The fourth-order valence-electron chi connectivity index (χ4n) is 3.62. The molecule has 30 heavy (non-hydrogen) atoms. The minimum atomic E-state index is 0.130. The Kier molecular flexibility index (Phi) is 3.65. The van der Waals surface area contributed by atoms with Crippen LogP contribution < -0.4 is 0 Å². The number of hydrogen-bond donors (Lipinski definition) is 3. The normalized spacial score (nSPS) is 11.5. The zero-order valence-electron chi connectivity index (χ0n) is 15.5. The number of benzene rings is 1. The molecular formula is C22H14N6OS. The standard InChI is InChI=1S/C22H14N6OS/c29-15-7-14(9-23-10-15)12-1-2-17-16(8-12)20(28-27-17)22-25-18-3-5-24-19(21(18)26-22)13-4-6-30-11-13/h1-11,29H,(H,25,26)(H,27,28). The predicted octanol–water partition coefficient (Wildman–Crippen LogP) is 5.00. The van der Waals surface area contributed by atoms with E-state index in [-0.39, 0.29) is 5.75 Å². The molecule has 6 aromatic rings. The molecule has 7 nitrogen and oxygen atoms in total. The Morgan fingerprint density at radius 2 is 1.87 bits per heavy atom. The van der Waals surface area contributed by atoms with E-state index >= 15 is 0 Å². The highest BCUT2D eigenvalue weighted by Crippen LogP contribution is 2.33. The van der Waals surface area contributed by atoms with Gasteiger partial charge in [0.1, 0.15) is 17.0 Å². The SMILES string of the molecule is Oc1cncc(-c2ccc3[nH]nc(-c4nc5c(-c6ccsc6)nccc5[nH]4)c3c2)c1. The van der Waals surface area contributed by atoms with E-state index in [1.54, 1.807) is 29.8 Å². The smallest absolute Gasteiger partial charge is 0.159 e. The van der Waals surface area contributed by atoms with Crippen LogP contribution in [0.15, 0.2) is 65.7 Å². The van der Waals surface area contributed by atoms with Crippen LogP contribution in [0.2, 0.25) is 0 Å². The number of aromatic hydroxyl groups is 1. The summed E-state index contributed by atoms with van der Waals surface area (Å²) in [4.78, 5) is 16.8. The van der Waals surface area contributed by atoms with Gasteiger partial charge in [-0.2, -0.15) is 16.4 Å². The molecule has 5 heterocycles. The van der Waals surface area contributed by atoms with Gasteiger partial charge in [0.25, 0.3) is 0 Å². The van der Waals surface area contributed by atoms with Crippen LogP contribution in [0.1, 0.15) is 0 Å². The summed E-state index contributed by atoms with van der Waals surface area (Å²) in [6.07, 6.45) is 4.92. The number of rotatable bonds is 3. The van der Waals surface area contributed by atoms with E-state index in [4.69, 9.17) is 4.98 Å². The molecule has 0 saturated heterocycles. The van der Waals surface area contributed by atoms with Crippen molar-refractivity contribution in [1.82, 2.24) is 30.1 Å². The molecule has 0 saturated carbocycles. The summed E-state index contributed by atoms with van der Waals surface area (Å²) in [6.45, 7) is 0. The number of imidazole rings is 1. The molecule has 8 heteroatoms. The van der Waals surface area contributed by atoms with Crippen LogP contribution in [0.3, 0.4) is 0 Å². The van der Waals surface area contributed by atoms with Crippen molar-refractivity contribution in [2.24, 2.45) is 0 Å². The number of pyridine rings is 2. The second-order valence-electron chi connectivity index (χ2n) is 6.92. The molecule has 0 aliphatic heterocycles. The Labute approximate surface area is 174 Å². The maximum absolute atomic E-state index is 9.76. The van der Waals surface area contributed by atoms with Gasteiger partial charge in [-0.1, -0.05) is 6.07 Å². The number of fused-ring (bicyclic) bond motifs is 2. The summed E-state index contributed by atoms with van der Waals surface area (Å²) in [5.74, 6) is 0.803. The molecule has 0 aliphatic carbocycles. The van der Waals surface area contributed by atoms with Gasteiger partial charge in [0.2, 0.25) is 0 Å². The molecule has 144 valence electrons. The first kappa shape index (κ1) is 16.9. The number of thiophene rings is 1. The number of aromatic nitrogens is 6. The van der Waals surface area contributed by atoms with E-state index < -0.39 is 0 Å². The minimum Gasteiger partial charge on any atom is -0.506 e. The van der Waals surface area contributed by atoms with Crippen molar-refractivity contribution in [1.29, 1.82) is 0 Å². The van der Waals surface area contributed by atoms with Crippen molar-refractivity contribution in [3.63, 3.8) is 0 Å². The topological polar surface area (TPSA) is 103 Å². The van der Waals surface area contributed by atoms with Gasteiger partial charge in [0.15, 0.2) is 5.82 Å². The molecular weight excluding hydrogens is 396 g/mol. The van der Waals surface area contributed by atoms with E-state index in [9.17, 15) is 5.11 Å². The number of hydrogen-bond acceptors (Lipinski definition) is 6. The monoisotopic (exact) mass is 410 g/mol. The highest BCUT2D eigenvalue weighted by molar-refractivity contribution is 7.08. The molecule has 0 unspecified atom stereocenters. The molecule has 0 aliphatic rings. The van der Waals surface area contributed by atoms with E-state index in [2.05, 4.69) is 30.5 Å². The molecule has 0 amide bonds. The molecule has 1 aromatic carbocycles. The molecule has 0 bridgehead atoms. The van der Waals surface area contributed by atoms with E-state index in [0.717, 1.165) is 50.0 Å². The van der Waals surface area contributed by atoms with Crippen LogP contribution in [-0.2, 0) is 0 Å². The first-order chi connectivity index (χ1) is 14.8. The van der Waals surface area contributed by atoms with Crippen molar-refractivity contribution in [2.75, 3.05) is 0 Å². The van der Waals surface area contributed by atoms with E-state index in [0.29, 0.717) is 5.82 Å². The van der Waals surface area contributed by atoms with Gasteiger partial charge in [-0.15, -0.1) is 0 Å². The third-order valence-corrected chi connectivity index (χ3v) is 5.72. The van der Waals surface area contributed by atoms with Crippen molar-refractivity contribution >= 4 is 33.3 Å². The summed E-state index contributed by atoms with van der Waals surface area (Å²) in [7, 11) is 0. The Morgan fingerprint density at radius 1 is 0.900 bits per heavy atom. The maximum atomic E-state index is 9.76. The lowest BCUT2D eigenvalue weighted by atomic mass is 10.0. The molecule has 0 spiro atoms. The average molecular weight is 410 g/mol. The zero-order valence-corrected chi connectivity index (χ0v) is 16.3. The Balaban J connectivity index is 1.52. The summed E-state index contributed by atoms with van der Waals surface area (Å²) in [6, 6.07) is 11.6.